The average molecular weight is 757 g/mol. The van der Waals surface area contributed by atoms with E-state index in [9.17, 15) is 60.7 Å². The molecule has 10 N–H and O–H groups in total. The third-order valence-electron chi connectivity index (χ3n) is 8.83. The smallest absolute Gasteiger partial charge is 0.330 e. The molecule has 6 rings (SSSR count). The molecule has 3 aromatic carbocycles. The number of carbonyl (C=O) groups is 1. The van der Waals surface area contributed by atoms with E-state index in [1.807, 2.05) is 0 Å². The molecule has 2 saturated heterocycles. The number of phenols is 5. The second kappa shape index (κ2) is 15.5. The average Bonchev–Trinajstić information content (AvgIpc) is 3.13. The van der Waals surface area contributed by atoms with Crippen molar-refractivity contribution >= 4 is 23.0 Å². The molecule has 18 nitrogen and oxygen atoms in total. The molecule has 54 heavy (non-hydrogen) atoms. The summed E-state index contributed by atoms with van der Waals surface area (Å²) in [6.45, 7) is 0.691. The van der Waals surface area contributed by atoms with Gasteiger partial charge in [-0.15, -0.1) is 0 Å². The number of aliphatic hydroxyl groups is 5. The lowest BCUT2D eigenvalue weighted by Crippen LogP contribution is -2.64. The molecule has 2 aliphatic heterocycles. The zero-order valence-corrected chi connectivity index (χ0v) is 28.1. The van der Waals surface area contributed by atoms with Crippen LogP contribution in [-0.4, -0.2) is 125 Å². The summed E-state index contributed by atoms with van der Waals surface area (Å²) in [4.78, 5) is 26.3. The van der Waals surface area contributed by atoms with Gasteiger partial charge in [-0.2, -0.15) is 0 Å². The second-order valence-corrected chi connectivity index (χ2v) is 12.6. The van der Waals surface area contributed by atoms with Crippen molar-refractivity contribution in [2.75, 3.05) is 6.61 Å². The number of phenolic OH excluding ortho intramolecular Hbond substituents is 5. The third kappa shape index (κ3) is 7.77. The normalized spacial score (nSPS) is 28.6. The fraction of sp³-hybridized carbons (Fsp3) is 0.333. The molecule has 288 valence electrons. The second-order valence-electron chi connectivity index (χ2n) is 12.6. The SMILES string of the molecule is C[C@@H]1O[C@@H](Oc2c(-c3ccc(O)c(O)c3)oc3cc(O)cc(O)c3c2=O)[C@H](O[C@@H]2O[C@H](COC(=O)/C=C\c3ccc(O)cc3)[C@@H](O)[C@H](O)[C@H]2O)[C@H](O)[C@H]1O. The first-order valence-electron chi connectivity index (χ1n) is 16.3. The van der Waals surface area contributed by atoms with Gasteiger partial charge in [-0.05, 0) is 48.9 Å². The standard InChI is InChI=1S/C36H36O18/c1-14-26(43)30(47)34(54-35-31(48)29(46)27(44)23(52-35)13-49-24(42)9-4-15-2-6-17(37)7-3-15)36(50-14)53-33-28(45)25-21(41)11-18(38)12-22(25)51-32(33)16-5-8-19(39)20(40)10-16/h2-12,14,23,26-27,29-31,34-41,43-44,46-48H,13H2,1H3/b9-4-/t14-,23+,26-,27+,29-,30+,31+,34+,35-,36-/m0/s1. The van der Waals surface area contributed by atoms with Crippen molar-refractivity contribution in [2.45, 2.75) is 68.3 Å². The minimum absolute atomic E-state index is 0.0198. The topological polar surface area (TPSA) is 296 Å². The largest absolute Gasteiger partial charge is 0.508 e. The lowest BCUT2D eigenvalue weighted by molar-refractivity contribution is -0.355. The van der Waals surface area contributed by atoms with Crippen molar-refractivity contribution in [3.63, 3.8) is 0 Å². The summed E-state index contributed by atoms with van der Waals surface area (Å²) in [7, 11) is 0. The highest BCUT2D eigenvalue weighted by molar-refractivity contribution is 5.88. The molecule has 10 atom stereocenters. The summed E-state index contributed by atoms with van der Waals surface area (Å²) in [5, 5.41) is 104. The molecule has 0 bridgehead atoms. The van der Waals surface area contributed by atoms with Gasteiger partial charge in [0.2, 0.25) is 17.5 Å². The van der Waals surface area contributed by atoms with Gasteiger partial charge in [-0.3, -0.25) is 4.79 Å². The number of carbonyl (C=O) groups excluding carboxylic acids is 1. The van der Waals surface area contributed by atoms with Crippen LogP contribution in [0.3, 0.4) is 0 Å². The highest BCUT2D eigenvalue weighted by Gasteiger charge is 2.51. The van der Waals surface area contributed by atoms with E-state index in [0.717, 1.165) is 30.3 Å². The van der Waals surface area contributed by atoms with Crippen LogP contribution in [0.4, 0.5) is 0 Å². The Morgan fingerprint density at radius 3 is 2.19 bits per heavy atom. The van der Waals surface area contributed by atoms with Gasteiger partial charge in [0.15, 0.2) is 29.7 Å². The summed E-state index contributed by atoms with van der Waals surface area (Å²) < 4.78 is 34.2. The highest BCUT2D eigenvalue weighted by Crippen LogP contribution is 2.40. The van der Waals surface area contributed by atoms with E-state index in [1.54, 1.807) is 0 Å². The molecule has 0 spiro atoms. The Bertz CT molecular complexity index is 2080. The summed E-state index contributed by atoms with van der Waals surface area (Å²) in [5.41, 5.74) is -0.858. The van der Waals surface area contributed by atoms with Crippen molar-refractivity contribution in [1.82, 2.24) is 0 Å². The van der Waals surface area contributed by atoms with Crippen LogP contribution in [0.5, 0.6) is 34.5 Å². The first kappa shape index (κ1) is 38.3. The van der Waals surface area contributed by atoms with Gasteiger partial charge in [0.1, 0.15) is 71.4 Å². The van der Waals surface area contributed by atoms with Crippen LogP contribution < -0.4 is 10.2 Å². The number of aromatic hydroxyl groups is 5. The number of aliphatic hydroxyl groups excluding tert-OH is 5. The number of fused-ring (bicyclic) bond motifs is 1. The lowest BCUT2D eigenvalue weighted by atomic mass is 9.97. The zero-order valence-electron chi connectivity index (χ0n) is 28.1. The van der Waals surface area contributed by atoms with Gasteiger partial charge in [0, 0.05) is 23.8 Å². The van der Waals surface area contributed by atoms with Gasteiger partial charge >= 0.3 is 5.97 Å². The Morgan fingerprint density at radius 2 is 1.48 bits per heavy atom. The van der Waals surface area contributed by atoms with Crippen LogP contribution in [0.25, 0.3) is 28.4 Å². The van der Waals surface area contributed by atoms with E-state index in [4.69, 9.17) is 28.1 Å². The van der Waals surface area contributed by atoms with E-state index in [-0.39, 0.29) is 16.9 Å². The van der Waals surface area contributed by atoms with Crippen LogP contribution in [0, 0.1) is 0 Å². The molecular formula is C36H36O18. The Balaban J connectivity index is 1.28. The molecule has 18 heteroatoms. The lowest BCUT2D eigenvalue weighted by Gasteiger charge is -2.45. The van der Waals surface area contributed by atoms with Crippen LogP contribution in [0.1, 0.15) is 12.5 Å². The van der Waals surface area contributed by atoms with E-state index < -0.39 is 119 Å². The molecular weight excluding hydrogens is 720 g/mol. The maximum atomic E-state index is 13.9. The van der Waals surface area contributed by atoms with Gasteiger partial charge in [-0.1, -0.05) is 12.1 Å². The van der Waals surface area contributed by atoms with Gasteiger partial charge in [-0.25, -0.2) is 4.79 Å². The van der Waals surface area contributed by atoms with E-state index in [0.29, 0.717) is 5.56 Å². The van der Waals surface area contributed by atoms with Crippen LogP contribution in [0.2, 0.25) is 0 Å². The summed E-state index contributed by atoms with van der Waals surface area (Å²) in [6, 6.07) is 11.1. The van der Waals surface area contributed by atoms with Crippen LogP contribution in [-0.2, 0) is 23.7 Å². The van der Waals surface area contributed by atoms with Crippen molar-refractivity contribution in [3.05, 3.63) is 76.5 Å². The summed E-state index contributed by atoms with van der Waals surface area (Å²) >= 11 is 0. The molecule has 4 aromatic rings. The maximum absolute atomic E-state index is 13.9. The molecule has 2 aliphatic rings. The monoisotopic (exact) mass is 756 g/mol. The number of benzene rings is 3. The number of hydrogen-bond acceptors (Lipinski definition) is 18. The zero-order chi connectivity index (χ0) is 39.0. The Hall–Kier alpha value is -5.44. The number of ether oxygens (including phenoxy) is 5. The molecule has 0 amide bonds. The first-order valence-corrected chi connectivity index (χ1v) is 16.3. The highest BCUT2D eigenvalue weighted by atomic mass is 16.8. The predicted molar refractivity (Wildman–Crippen MR) is 181 cm³/mol. The van der Waals surface area contributed by atoms with E-state index in [1.165, 1.54) is 43.3 Å². The number of rotatable bonds is 9. The fourth-order valence-electron chi connectivity index (χ4n) is 5.87. The maximum Gasteiger partial charge on any atom is 0.330 e. The molecule has 0 aliphatic carbocycles. The van der Waals surface area contributed by atoms with Gasteiger partial charge in [0.25, 0.3) is 0 Å². The molecule has 2 fully saturated rings. The Labute approximate surface area is 304 Å². The Morgan fingerprint density at radius 1 is 0.759 bits per heavy atom. The molecule has 0 saturated carbocycles. The van der Waals surface area contributed by atoms with Crippen LogP contribution in [0.15, 0.2) is 69.9 Å². The van der Waals surface area contributed by atoms with E-state index >= 15 is 0 Å². The van der Waals surface area contributed by atoms with Gasteiger partial charge < -0.3 is 79.2 Å². The predicted octanol–water partition coefficient (Wildman–Crippen LogP) is 0.283. The Kier molecular flexibility index (Phi) is 11.0. The summed E-state index contributed by atoms with van der Waals surface area (Å²) in [5.74, 6) is -4.31. The molecule has 3 heterocycles. The van der Waals surface area contributed by atoms with Crippen LogP contribution >= 0.6 is 0 Å². The fourth-order valence-corrected chi connectivity index (χ4v) is 5.87. The van der Waals surface area contributed by atoms with Crippen molar-refractivity contribution < 1.29 is 84.0 Å². The van der Waals surface area contributed by atoms with E-state index in [2.05, 4.69) is 0 Å². The quantitative estimate of drug-likeness (QED) is 0.0623. The number of hydrogen-bond donors (Lipinski definition) is 10. The van der Waals surface area contributed by atoms with Crippen molar-refractivity contribution in [1.29, 1.82) is 0 Å². The minimum atomic E-state index is -2.00. The molecule has 0 radical (unpaired) electrons. The minimum Gasteiger partial charge on any atom is -0.508 e. The number of esters is 1. The molecule has 1 aromatic heterocycles. The van der Waals surface area contributed by atoms with Gasteiger partial charge in [0.05, 0.1) is 6.10 Å². The first-order chi connectivity index (χ1) is 25.6. The molecule has 0 unspecified atom stereocenters. The van der Waals surface area contributed by atoms with Crippen molar-refractivity contribution in [2.24, 2.45) is 0 Å². The summed E-state index contributed by atoms with van der Waals surface area (Å²) in [6.07, 6.45) is -15.2. The third-order valence-corrected chi connectivity index (χ3v) is 8.83. The van der Waals surface area contributed by atoms with Crippen molar-refractivity contribution in [3.8, 4) is 45.8 Å².